The van der Waals surface area contributed by atoms with Gasteiger partial charge in [0, 0.05) is 13.1 Å². The number of anilines is 2. The van der Waals surface area contributed by atoms with E-state index in [1.54, 1.807) is 0 Å². The number of benzene rings is 1. The number of nitrogens with one attached hydrogen (secondary N) is 2. The van der Waals surface area contributed by atoms with Gasteiger partial charge in [-0.15, -0.1) is 0 Å². The van der Waals surface area contributed by atoms with Gasteiger partial charge in [0.2, 0.25) is 0 Å². The van der Waals surface area contributed by atoms with E-state index in [1.807, 2.05) is 0 Å². The molecule has 0 radical (unpaired) electrons. The fraction of sp³-hybridized carbons (Fsp3) is 0.400. The van der Waals surface area contributed by atoms with Crippen molar-refractivity contribution in [2.24, 2.45) is 0 Å². The van der Waals surface area contributed by atoms with E-state index in [2.05, 4.69) is 35.8 Å². The fourth-order valence-electron chi connectivity index (χ4n) is 1.57. The van der Waals surface area contributed by atoms with Gasteiger partial charge in [-0.3, -0.25) is 0 Å². The van der Waals surface area contributed by atoms with E-state index in [1.165, 1.54) is 23.4 Å². The smallest absolute Gasteiger partial charge is 0.0605 e. The molecule has 0 fully saturated rings. The Kier molecular flexibility index (Phi) is 1.90. The van der Waals surface area contributed by atoms with Gasteiger partial charge in [0.25, 0.3) is 0 Å². The maximum absolute atomic E-state index is 3.43. The Hall–Kier alpha value is -1.18. The van der Waals surface area contributed by atoms with Gasteiger partial charge < -0.3 is 10.6 Å². The summed E-state index contributed by atoms with van der Waals surface area (Å²) < 4.78 is 0. The van der Waals surface area contributed by atoms with E-state index < -0.39 is 0 Å². The molecule has 2 nitrogen and oxygen atoms in total. The Morgan fingerprint density at radius 2 is 2.00 bits per heavy atom. The van der Waals surface area contributed by atoms with Crippen LogP contribution in [0.3, 0.4) is 0 Å². The molecule has 0 amide bonds. The van der Waals surface area contributed by atoms with E-state index >= 15 is 0 Å². The molecular formula is C10H14N2. The lowest BCUT2D eigenvalue weighted by Gasteiger charge is -2.10. The van der Waals surface area contributed by atoms with Crippen molar-refractivity contribution in [3.05, 3.63) is 23.8 Å². The van der Waals surface area contributed by atoms with E-state index in [4.69, 9.17) is 0 Å². The number of hydrogen-bond acceptors (Lipinski definition) is 2. The molecule has 1 aliphatic heterocycles. The Morgan fingerprint density at radius 1 is 1.17 bits per heavy atom. The van der Waals surface area contributed by atoms with Gasteiger partial charge in [-0.2, -0.15) is 0 Å². The molecule has 0 bridgehead atoms. The summed E-state index contributed by atoms with van der Waals surface area (Å²) in [6.07, 6.45) is 1.19. The molecular weight excluding hydrogens is 148 g/mol. The van der Waals surface area contributed by atoms with Crippen molar-refractivity contribution in [3.63, 3.8) is 0 Å². The topological polar surface area (TPSA) is 24.1 Å². The van der Waals surface area contributed by atoms with E-state index in [0.29, 0.717) is 0 Å². The summed E-state index contributed by atoms with van der Waals surface area (Å²) in [4.78, 5) is 0. The second-order valence-electron chi connectivity index (χ2n) is 3.20. The van der Waals surface area contributed by atoms with Gasteiger partial charge in [0.1, 0.15) is 0 Å². The van der Waals surface area contributed by atoms with E-state index in [-0.39, 0.29) is 0 Å². The van der Waals surface area contributed by atoms with E-state index in [0.717, 1.165) is 13.1 Å². The average molecular weight is 162 g/mol. The summed E-state index contributed by atoms with van der Waals surface area (Å²) in [7, 11) is 0. The van der Waals surface area contributed by atoms with Crippen LogP contribution in [0.25, 0.3) is 0 Å². The molecule has 1 aromatic rings. The van der Waals surface area contributed by atoms with Gasteiger partial charge in [0.05, 0.1) is 11.4 Å². The number of fused-ring (bicyclic) bond motifs is 1. The van der Waals surface area contributed by atoms with Crippen molar-refractivity contribution >= 4 is 11.4 Å². The van der Waals surface area contributed by atoms with Gasteiger partial charge in [-0.05, 0) is 25.0 Å². The average Bonchev–Trinajstić information content (AvgIpc) is 2.30. The van der Waals surface area contributed by atoms with Crippen molar-refractivity contribution in [3.8, 4) is 0 Å². The zero-order valence-electron chi connectivity index (χ0n) is 7.35. The van der Waals surface area contributed by atoms with Crippen molar-refractivity contribution in [1.29, 1.82) is 0 Å². The minimum atomic E-state index is 1.07. The first-order valence-electron chi connectivity index (χ1n) is 4.45. The SMILES string of the molecule is Cc1cccc2c1NCCCN2. The molecule has 2 heteroatoms. The molecule has 0 aliphatic carbocycles. The minimum absolute atomic E-state index is 1.07. The highest BCUT2D eigenvalue weighted by molar-refractivity contribution is 5.72. The Labute approximate surface area is 73.0 Å². The van der Waals surface area contributed by atoms with Gasteiger partial charge in [0.15, 0.2) is 0 Å². The first kappa shape index (κ1) is 7.47. The molecule has 2 N–H and O–H groups in total. The Morgan fingerprint density at radius 3 is 2.92 bits per heavy atom. The first-order chi connectivity index (χ1) is 5.88. The standard InChI is InChI=1S/C10H14N2/c1-8-4-2-5-9-10(8)12-7-3-6-11-9/h2,4-5,11-12H,3,6-7H2,1H3. The van der Waals surface area contributed by atoms with Gasteiger partial charge in [-0.1, -0.05) is 12.1 Å². The monoisotopic (exact) mass is 162 g/mol. The first-order valence-corrected chi connectivity index (χ1v) is 4.45. The van der Waals surface area contributed by atoms with Crippen LogP contribution in [0.15, 0.2) is 18.2 Å². The maximum Gasteiger partial charge on any atom is 0.0605 e. The molecule has 64 valence electrons. The highest BCUT2D eigenvalue weighted by atomic mass is 15.0. The second-order valence-corrected chi connectivity index (χ2v) is 3.20. The molecule has 0 spiro atoms. The van der Waals surface area contributed by atoms with Crippen LogP contribution in [0.1, 0.15) is 12.0 Å². The van der Waals surface area contributed by atoms with Crippen LogP contribution < -0.4 is 10.6 Å². The van der Waals surface area contributed by atoms with Crippen LogP contribution >= 0.6 is 0 Å². The summed E-state index contributed by atoms with van der Waals surface area (Å²) in [6.45, 7) is 4.28. The summed E-state index contributed by atoms with van der Waals surface area (Å²) in [5.41, 5.74) is 3.84. The molecule has 1 aromatic carbocycles. The Bertz CT molecular complexity index is 281. The lowest BCUT2D eigenvalue weighted by atomic mass is 10.1. The molecule has 0 saturated heterocycles. The molecule has 12 heavy (non-hydrogen) atoms. The van der Waals surface area contributed by atoms with Crippen LogP contribution in [0.5, 0.6) is 0 Å². The van der Waals surface area contributed by atoms with Crippen LogP contribution in [0.4, 0.5) is 11.4 Å². The molecule has 0 saturated carbocycles. The van der Waals surface area contributed by atoms with Crippen LogP contribution in [0.2, 0.25) is 0 Å². The number of rotatable bonds is 0. The molecule has 2 rings (SSSR count). The van der Waals surface area contributed by atoms with Crippen molar-refractivity contribution in [2.45, 2.75) is 13.3 Å². The van der Waals surface area contributed by atoms with Crippen LogP contribution in [-0.2, 0) is 0 Å². The lowest BCUT2D eigenvalue weighted by Crippen LogP contribution is -2.01. The summed E-state index contributed by atoms with van der Waals surface area (Å²) >= 11 is 0. The van der Waals surface area contributed by atoms with Gasteiger partial charge >= 0.3 is 0 Å². The highest BCUT2D eigenvalue weighted by Crippen LogP contribution is 2.26. The second kappa shape index (κ2) is 3.05. The van der Waals surface area contributed by atoms with Crippen molar-refractivity contribution in [2.75, 3.05) is 23.7 Å². The lowest BCUT2D eigenvalue weighted by molar-refractivity contribution is 0.928. The van der Waals surface area contributed by atoms with E-state index in [9.17, 15) is 0 Å². The molecule has 0 atom stereocenters. The normalized spacial score (nSPS) is 15.4. The third-order valence-corrected chi connectivity index (χ3v) is 2.24. The predicted octanol–water partition coefficient (Wildman–Crippen LogP) is 2.22. The van der Waals surface area contributed by atoms with Crippen molar-refractivity contribution in [1.82, 2.24) is 0 Å². The fourth-order valence-corrected chi connectivity index (χ4v) is 1.57. The number of para-hydroxylation sites is 1. The summed E-state index contributed by atoms with van der Waals surface area (Å²) in [5.74, 6) is 0. The molecule has 0 aromatic heterocycles. The quantitative estimate of drug-likeness (QED) is 0.611. The minimum Gasteiger partial charge on any atom is -0.383 e. The Balaban J connectivity index is 2.42. The predicted molar refractivity (Wildman–Crippen MR) is 52.8 cm³/mol. The zero-order valence-corrected chi connectivity index (χ0v) is 7.35. The third-order valence-electron chi connectivity index (χ3n) is 2.24. The maximum atomic E-state index is 3.43. The summed E-state index contributed by atoms with van der Waals surface area (Å²) in [6, 6.07) is 6.35. The van der Waals surface area contributed by atoms with Gasteiger partial charge in [-0.25, -0.2) is 0 Å². The van der Waals surface area contributed by atoms with Crippen LogP contribution in [0, 0.1) is 6.92 Å². The highest BCUT2D eigenvalue weighted by Gasteiger charge is 2.06. The molecule has 1 heterocycles. The zero-order chi connectivity index (χ0) is 8.39. The van der Waals surface area contributed by atoms with Crippen LogP contribution in [-0.4, -0.2) is 13.1 Å². The van der Waals surface area contributed by atoms with Crippen molar-refractivity contribution < 1.29 is 0 Å². The number of hydrogen-bond donors (Lipinski definition) is 2. The third kappa shape index (κ3) is 1.24. The molecule has 0 unspecified atom stereocenters. The molecule has 1 aliphatic rings. The summed E-state index contributed by atoms with van der Waals surface area (Å²) in [5, 5.41) is 6.83. The largest absolute Gasteiger partial charge is 0.383 e. The number of aryl methyl sites for hydroxylation is 1.